The molecule has 1 unspecified atom stereocenters. The average Bonchev–Trinajstić information content (AvgIpc) is 3.01. The summed E-state index contributed by atoms with van der Waals surface area (Å²) in [4.78, 5) is 16.5. The van der Waals surface area contributed by atoms with E-state index in [9.17, 15) is 4.79 Å². The summed E-state index contributed by atoms with van der Waals surface area (Å²) in [5, 5.41) is 6.29. The first-order valence-electron chi connectivity index (χ1n) is 6.51. The predicted octanol–water partition coefficient (Wildman–Crippen LogP) is 2.90. The van der Waals surface area contributed by atoms with Crippen LogP contribution in [0.15, 0.2) is 5.38 Å². The number of thiazole rings is 1. The molecule has 0 aromatic carbocycles. The van der Waals surface area contributed by atoms with Gasteiger partial charge in [-0.3, -0.25) is 4.79 Å². The Labute approximate surface area is 122 Å². The minimum Gasteiger partial charge on any atom is -0.465 e. The van der Waals surface area contributed by atoms with Crippen molar-refractivity contribution in [3.05, 3.63) is 11.1 Å². The second-order valence-electron chi connectivity index (χ2n) is 5.09. The number of aromatic nitrogens is 1. The Morgan fingerprint density at radius 3 is 3.05 bits per heavy atom. The zero-order valence-electron chi connectivity index (χ0n) is 11.6. The van der Waals surface area contributed by atoms with E-state index >= 15 is 0 Å². The van der Waals surface area contributed by atoms with Gasteiger partial charge in [-0.1, -0.05) is 0 Å². The lowest BCUT2D eigenvalue weighted by Gasteiger charge is -2.19. The van der Waals surface area contributed by atoms with Gasteiger partial charge in [0.1, 0.15) is 5.41 Å². The number of esters is 1. The molecule has 1 N–H and O–H groups in total. The number of carbonyl (C=O) groups excluding carboxylic acids is 1. The molecular weight excluding hydrogens is 280 g/mol. The maximum absolute atomic E-state index is 11.9. The Kier molecular flexibility index (Phi) is 4.73. The first-order chi connectivity index (χ1) is 9.04. The molecule has 106 valence electrons. The van der Waals surface area contributed by atoms with Crippen molar-refractivity contribution in [3.8, 4) is 0 Å². The number of thioether (sulfide) groups is 1. The van der Waals surface area contributed by atoms with Crippen LogP contribution in [0.4, 0.5) is 5.13 Å². The molecule has 1 atom stereocenters. The molecule has 1 aliphatic heterocycles. The highest BCUT2D eigenvalue weighted by molar-refractivity contribution is 7.99. The van der Waals surface area contributed by atoms with Crippen LogP contribution >= 0.6 is 23.1 Å². The van der Waals surface area contributed by atoms with Crippen LogP contribution in [0.2, 0.25) is 0 Å². The highest BCUT2D eigenvalue weighted by Crippen LogP contribution is 2.30. The van der Waals surface area contributed by atoms with Crippen LogP contribution in [0.1, 0.15) is 32.9 Å². The van der Waals surface area contributed by atoms with E-state index in [4.69, 9.17) is 4.74 Å². The third-order valence-electron chi connectivity index (χ3n) is 3.19. The van der Waals surface area contributed by atoms with E-state index < -0.39 is 5.41 Å². The van der Waals surface area contributed by atoms with Crippen LogP contribution in [0.25, 0.3) is 0 Å². The molecule has 2 rings (SSSR count). The maximum Gasteiger partial charge on any atom is 0.317 e. The number of hydrogen-bond acceptors (Lipinski definition) is 6. The highest BCUT2D eigenvalue weighted by Gasteiger charge is 2.34. The third kappa shape index (κ3) is 3.42. The van der Waals surface area contributed by atoms with Gasteiger partial charge in [-0.25, -0.2) is 4.98 Å². The van der Waals surface area contributed by atoms with E-state index in [2.05, 4.69) is 10.3 Å². The molecule has 1 aromatic rings. The van der Waals surface area contributed by atoms with Crippen molar-refractivity contribution >= 4 is 34.2 Å². The number of nitrogens with one attached hydrogen (secondary N) is 1. The van der Waals surface area contributed by atoms with E-state index in [0.717, 1.165) is 16.6 Å². The summed E-state index contributed by atoms with van der Waals surface area (Å²) in [5.41, 5.74) is 0.0979. The Balaban J connectivity index is 2.04. The van der Waals surface area contributed by atoms with Crippen LogP contribution in [0, 0.1) is 0 Å². The Bertz CT molecular complexity index is 440. The lowest BCUT2D eigenvalue weighted by Crippen LogP contribution is -2.31. The summed E-state index contributed by atoms with van der Waals surface area (Å²) in [5.74, 6) is 2.13. The second kappa shape index (κ2) is 6.13. The molecule has 0 amide bonds. The van der Waals surface area contributed by atoms with Gasteiger partial charge in [-0.05, 0) is 32.9 Å². The van der Waals surface area contributed by atoms with Crippen molar-refractivity contribution in [2.24, 2.45) is 0 Å². The van der Waals surface area contributed by atoms with Gasteiger partial charge in [0.2, 0.25) is 0 Å². The summed E-state index contributed by atoms with van der Waals surface area (Å²) in [7, 11) is 0. The van der Waals surface area contributed by atoms with E-state index in [1.165, 1.54) is 12.2 Å². The van der Waals surface area contributed by atoms with Crippen molar-refractivity contribution in [1.82, 2.24) is 4.98 Å². The number of rotatable bonds is 5. The summed E-state index contributed by atoms with van der Waals surface area (Å²) in [6, 6.07) is 0.509. The van der Waals surface area contributed by atoms with Crippen molar-refractivity contribution in [1.29, 1.82) is 0 Å². The van der Waals surface area contributed by atoms with Gasteiger partial charge < -0.3 is 10.1 Å². The number of carbonyl (C=O) groups is 1. The van der Waals surface area contributed by atoms with Gasteiger partial charge in [0.05, 0.1) is 12.3 Å². The molecule has 1 saturated heterocycles. The standard InChI is InChI=1S/C13H20N2O2S2/c1-4-17-11(16)13(2,3)10-8-19-12(15-10)14-9-5-6-18-7-9/h8-9H,4-7H2,1-3H3,(H,14,15). The van der Waals surface area contributed by atoms with Crippen molar-refractivity contribution in [3.63, 3.8) is 0 Å². The largest absolute Gasteiger partial charge is 0.465 e. The quantitative estimate of drug-likeness (QED) is 0.847. The van der Waals surface area contributed by atoms with Gasteiger partial charge >= 0.3 is 5.97 Å². The van der Waals surface area contributed by atoms with E-state index in [-0.39, 0.29) is 5.97 Å². The highest BCUT2D eigenvalue weighted by atomic mass is 32.2. The summed E-state index contributed by atoms with van der Waals surface area (Å²) >= 11 is 3.53. The number of nitrogens with zero attached hydrogens (tertiary/aromatic N) is 1. The van der Waals surface area contributed by atoms with Crippen molar-refractivity contribution in [2.75, 3.05) is 23.4 Å². The van der Waals surface area contributed by atoms with E-state index in [1.54, 1.807) is 11.3 Å². The molecule has 1 aliphatic rings. The molecule has 4 nitrogen and oxygen atoms in total. The molecule has 0 bridgehead atoms. The average molecular weight is 300 g/mol. The van der Waals surface area contributed by atoms with Gasteiger partial charge in [-0.2, -0.15) is 11.8 Å². The first-order valence-corrected chi connectivity index (χ1v) is 8.55. The molecule has 2 heterocycles. The molecule has 1 aromatic heterocycles. The summed E-state index contributed by atoms with van der Waals surface area (Å²) < 4.78 is 5.11. The first kappa shape index (κ1) is 14.7. The summed E-state index contributed by atoms with van der Waals surface area (Å²) in [6.45, 7) is 5.93. The van der Waals surface area contributed by atoms with Crippen LogP contribution in [-0.2, 0) is 14.9 Å². The topological polar surface area (TPSA) is 51.2 Å². The fraction of sp³-hybridized carbons (Fsp3) is 0.692. The third-order valence-corrected chi connectivity index (χ3v) is 5.12. The van der Waals surface area contributed by atoms with Crippen LogP contribution < -0.4 is 5.32 Å². The fourth-order valence-corrected chi connectivity index (χ4v) is 3.97. The lowest BCUT2D eigenvalue weighted by molar-refractivity contribution is -0.148. The van der Waals surface area contributed by atoms with Crippen molar-refractivity contribution < 1.29 is 9.53 Å². The van der Waals surface area contributed by atoms with Crippen LogP contribution in [0.3, 0.4) is 0 Å². The lowest BCUT2D eigenvalue weighted by atomic mass is 9.90. The monoisotopic (exact) mass is 300 g/mol. The predicted molar refractivity (Wildman–Crippen MR) is 81.1 cm³/mol. The van der Waals surface area contributed by atoms with Gasteiger partial charge in [-0.15, -0.1) is 11.3 Å². The minimum atomic E-state index is -0.684. The Morgan fingerprint density at radius 2 is 2.42 bits per heavy atom. The maximum atomic E-state index is 11.9. The molecular formula is C13H20N2O2S2. The smallest absolute Gasteiger partial charge is 0.317 e. The summed E-state index contributed by atoms with van der Waals surface area (Å²) in [6.07, 6.45) is 1.18. The molecule has 1 fully saturated rings. The molecule has 0 radical (unpaired) electrons. The fourth-order valence-electron chi connectivity index (χ4n) is 1.87. The number of anilines is 1. The Hall–Kier alpha value is -0.750. The zero-order valence-corrected chi connectivity index (χ0v) is 13.2. The molecule has 19 heavy (non-hydrogen) atoms. The van der Waals surface area contributed by atoms with Crippen LogP contribution in [0.5, 0.6) is 0 Å². The van der Waals surface area contributed by atoms with Crippen molar-refractivity contribution in [2.45, 2.75) is 38.6 Å². The molecule has 0 spiro atoms. The van der Waals surface area contributed by atoms with Gasteiger partial charge in [0, 0.05) is 17.2 Å². The number of hydrogen-bond donors (Lipinski definition) is 1. The molecule has 0 saturated carbocycles. The second-order valence-corrected chi connectivity index (χ2v) is 7.10. The SMILES string of the molecule is CCOC(=O)C(C)(C)c1csc(NC2CCSC2)n1. The normalized spacial score (nSPS) is 19.4. The molecule has 0 aliphatic carbocycles. The molecule has 6 heteroatoms. The zero-order chi connectivity index (χ0) is 13.9. The van der Waals surface area contributed by atoms with E-state index in [0.29, 0.717) is 12.6 Å². The van der Waals surface area contributed by atoms with Gasteiger partial charge in [0.15, 0.2) is 5.13 Å². The van der Waals surface area contributed by atoms with Crippen LogP contribution in [-0.4, -0.2) is 35.1 Å². The number of ether oxygens (including phenoxy) is 1. The Morgan fingerprint density at radius 1 is 1.63 bits per heavy atom. The minimum absolute atomic E-state index is 0.219. The van der Waals surface area contributed by atoms with Gasteiger partial charge in [0.25, 0.3) is 0 Å². The van der Waals surface area contributed by atoms with E-state index in [1.807, 2.05) is 37.9 Å².